The Bertz CT molecular complexity index is 357. The average molecular weight is 354 g/mol. The molecule has 2 aliphatic heterocycles. The van der Waals surface area contributed by atoms with Crippen molar-refractivity contribution in [1.82, 2.24) is 25.3 Å². The third kappa shape index (κ3) is 8.99. The minimum absolute atomic E-state index is 0.228. The first-order valence-corrected chi connectivity index (χ1v) is 10.2. The van der Waals surface area contributed by atoms with E-state index in [-0.39, 0.29) is 5.91 Å². The van der Waals surface area contributed by atoms with E-state index in [1.54, 1.807) is 0 Å². The number of carbonyl (C=O) groups excluding carboxylic acids is 1. The number of rotatable bonds is 3. The molecule has 25 heavy (non-hydrogen) atoms. The summed E-state index contributed by atoms with van der Waals surface area (Å²) in [5, 5.41) is 6.50. The van der Waals surface area contributed by atoms with Crippen molar-refractivity contribution < 1.29 is 4.79 Å². The van der Waals surface area contributed by atoms with E-state index in [4.69, 9.17) is 0 Å². The highest BCUT2D eigenvalue weighted by atomic mass is 16.2. The molecule has 6 heteroatoms. The minimum Gasteiger partial charge on any atom is -0.352 e. The second-order valence-corrected chi connectivity index (χ2v) is 7.89. The molecule has 0 spiro atoms. The van der Waals surface area contributed by atoms with Crippen LogP contribution in [-0.2, 0) is 4.79 Å². The minimum atomic E-state index is 0.228. The number of hydrogen-bond donors (Lipinski definition) is 2. The van der Waals surface area contributed by atoms with Crippen LogP contribution >= 0.6 is 0 Å². The largest absolute Gasteiger partial charge is 0.352 e. The molecular weight excluding hydrogens is 314 g/mol. The van der Waals surface area contributed by atoms with E-state index in [0.717, 1.165) is 39.3 Å². The normalized spacial score (nSPS) is 24.9. The van der Waals surface area contributed by atoms with Crippen molar-refractivity contribution in [3.05, 3.63) is 0 Å². The summed E-state index contributed by atoms with van der Waals surface area (Å²) in [6, 6.07) is 0.437. The van der Waals surface area contributed by atoms with E-state index in [1.165, 1.54) is 51.6 Å². The van der Waals surface area contributed by atoms with Gasteiger partial charge < -0.3 is 20.4 Å². The smallest absolute Gasteiger partial charge is 0.234 e. The Morgan fingerprint density at radius 1 is 0.880 bits per heavy atom. The van der Waals surface area contributed by atoms with Crippen LogP contribution in [0.5, 0.6) is 0 Å². The van der Waals surface area contributed by atoms with Gasteiger partial charge in [-0.1, -0.05) is 25.7 Å². The van der Waals surface area contributed by atoms with Gasteiger partial charge in [-0.3, -0.25) is 9.69 Å². The standard InChI is InChI=1S/C14H27N3O.C5H12N2/c1-16-8-10-17(11-9-16)12-14(18)15-13-6-4-2-3-5-7-13;1-7-4-2-6-3-5-7/h13H,2-12H2,1H3,(H,15,18);6H,2-5H2,1H3. The van der Waals surface area contributed by atoms with Gasteiger partial charge in [0.15, 0.2) is 0 Å². The Kier molecular flexibility index (Phi) is 9.76. The predicted molar refractivity (Wildman–Crippen MR) is 104 cm³/mol. The van der Waals surface area contributed by atoms with Crippen LogP contribution in [0, 0.1) is 0 Å². The molecule has 0 unspecified atom stereocenters. The van der Waals surface area contributed by atoms with Crippen LogP contribution in [0.4, 0.5) is 0 Å². The average Bonchev–Trinajstić information content (AvgIpc) is 2.87. The highest BCUT2D eigenvalue weighted by Gasteiger charge is 2.19. The van der Waals surface area contributed by atoms with Crippen LogP contribution in [0.2, 0.25) is 0 Å². The SMILES string of the molecule is CN1CCN(CC(=O)NC2CCCCCC2)CC1.CN1CCNCC1. The van der Waals surface area contributed by atoms with Crippen LogP contribution in [0.25, 0.3) is 0 Å². The molecule has 0 aromatic carbocycles. The Morgan fingerprint density at radius 2 is 1.44 bits per heavy atom. The fraction of sp³-hybridized carbons (Fsp3) is 0.947. The number of hydrogen-bond acceptors (Lipinski definition) is 5. The summed E-state index contributed by atoms with van der Waals surface area (Å²) in [6.45, 7) is 9.54. The lowest BCUT2D eigenvalue weighted by Crippen LogP contribution is -2.49. The molecule has 2 heterocycles. The number of amides is 1. The van der Waals surface area contributed by atoms with Gasteiger partial charge in [-0.25, -0.2) is 0 Å². The van der Waals surface area contributed by atoms with E-state index in [2.05, 4.69) is 39.4 Å². The number of piperazine rings is 2. The second-order valence-electron chi connectivity index (χ2n) is 7.89. The van der Waals surface area contributed by atoms with Crippen molar-refractivity contribution in [2.45, 2.75) is 44.6 Å². The highest BCUT2D eigenvalue weighted by molar-refractivity contribution is 5.78. The van der Waals surface area contributed by atoms with Crippen molar-refractivity contribution >= 4 is 5.91 Å². The zero-order chi connectivity index (χ0) is 17.9. The van der Waals surface area contributed by atoms with Gasteiger partial charge in [-0.05, 0) is 26.9 Å². The molecule has 2 saturated heterocycles. The van der Waals surface area contributed by atoms with Gasteiger partial charge in [-0.15, -0.1) is 0 Å². The maximum absolute atomic E-state index is 12.0. The van der Waals surface area contributed by atoms with Gasteiger partial charge in [0.1, 0.15) is 0 Å². The molecule has 6 nitrogen and oxygen atoms in total. The molecule has 3 fully saturated rings. The third-order valence-corrected chi connectivity index (χ3v) is 5.52. The third-order valence-electron chi connectivity index (χ3n) is 5.52. The lowest BCUT2D eigenvalue weighted by molar-refractivity contribution is -0.123. The number of carbonyl (C=O) groups is 1. The Balaban J connectivity index is 0.000000269. The van der Waals surface area contributed by atoms with E-state index in [0.29, 0.717) is 12.6 Å². The van der Waals surface area contributed by atoms with Gasteiger partial charge in [0.05, 0.1) is 6.54 Å². The van der Waals surface area contributed by atoms with Crippen LogP contribution in [0.1, 0.15) is 38.5 Å². The Morgan fingerprint density at radius 3 is 1.96 bits per heavy atom. The fourth-order valence-corrected chi connectivity index (χ4v) is 3.68. The molecule has 0 atom stereocenters. The Labute approximate surface area is 154 Å². The van der Waals surface area contributed by atoms with E-state index in [9.17, 15) is 4.79 Å². The molecule has 3 aliphatic rings. The lowest BCUT2D eigenvalue weighted by atomic mass is 10.1. The topological polar surface area (TPSA) is 50.9 Å². The van der Waals surface area contributed by atoms with Crippen LogP contribution in [0.15, 0.2) is 0 Å². The molecule has 0 bridgehead atoms. The van der Waals surface area contributed by atoms with Crippen LogP contribution in [-0.4, -0.2) is 99.6 Å². The maximum Gasteiger partial charge on any atom is 0.234 e. The molecule has 3 rings (SSSR count). The zero-order valence-electron chi connectivity index (χ0n) is 16.4. The first-order valence-electron chi connectivity index (χ1n) is 10.2. The van der Waals surface area contributed by atoms with Gasteiger partial charge in [0.25, 0.3) is 0 Å². The molecule has 0 aromatic rings. The molecule has 0 radical (unpaired) electrons. The highest BCUT2D eigenvalue weighted by Crippen LogP contribution is 2.17. The lowest BCUT2D eigenvalue weighted by Gasteiger charge is -2.32. The van der Waals surface area contributed by atoms with Crippen LogP contribution in [0.3, 0.4) is 0 Å². The van der Waals surface area contributed by atoms with Crippen molar-refractivity contribution in [2.24, 2.45) is 0 Å². The summed E-state index contributed by atoms with van der Waals surface area (Å²) >= 11 is 0. The molecule has 146 valence electrons. The number of likely N-dealkylation sites (N-methyl/N-ethyl adjacent to an activating group) is 2. The predicted octanol–water partition coefficient (Wildman–Crippen LogP) is 0.594. The van der Waals surface area contributed by atoms with E-state index < -0.39 is 0 Å². The van der Waals surface area contributed by atoms with Crippen molar-refractivity contribution in [2.75, 3.05) is 73.0 Å². The van der Waals surface area contributed by atoms with Crippen molar-refractivity contribution in [1.29, 1.82) is 0 Å². The summed E-state index contributed by atoms with van der Waals surface area (Å²) in [7, 11) is 4.30. The van der Waals surface area contributed by atoms with Gasteiger partial charge in [0.2, 0.25) is 5.91 Å². The summed E-state index contributed by atoms with van der Waals surface area (Å²) in [5.41, 5.74) is 0. The fourth-order valence-electron chi connectivity index (χ4n) is 3.68. The Hall–Kier alpha value is -0.690. The summed E-state index contributed by atoms with van der Waals surface area (Å²) in [4.78, 5) is 18.9. The zero-order valence-corrected chi connectivity index (χ0v) is 16.4. The first-order chi connectivity index (χ1) is 12.1. The van der Waals surface area contributed by atoms with E-state index >= 15 is 0 Å². The monoisotopic (exact) mass is 353 g/mol. The van der Waals surface area contributed by atoms with E-state index in [1.807, 2.05) is 0 Å². The molecule has 0 aromatic heterocycles. The second kappa shape index (κ2) is 11.8. The summed E-state index contributed by atoms with van der Waals surface area (Å²) in [6.07, 6.45) is 7.58. The number of nitrogens with zero attached hydrogens (tertiary/aromatic N) is 3. The van der Waals surface area contributed by atoms with Crippen LogP contribution < -0.4 is 10.6 Å². The first kappa shape index (κ1) is 20.6. The molecular formula is C19H39N5O. The van der Waals surface area contributed by atoms with Gasteiger partial charge in [-0.2, -0.15) is 0 Å². The van der Waals surface area contributed by atoms with Crippen molar-refractivity contribution in [3.8, 4) is 0 Å². The maximum atomic E-state index is 12.0. The summed E-state index contributed by atoms with van der Waals surface area (Å²) in [5.74, 6) is 0.228. The molecule has 1 amide bonds. The number of nitrogens with one attached hydrogen (secondary N) is 2. The molecule has 2 N–H and O–H groups in total. The van der Waals surface area contributed by atoms with Gasteiger partial charge >= 0.3 is 0 Å². The molecule has 1 saturated carbocycles. The summed E-state index contributed by atoms with van der Waals surface area (Å²) < 4.78 is 0. The van der Waals surface area contributed by atoms with Crippen molar-refractivity contribution in [3.63, 3.8) is 0 Å². The molecule has 1 aliphatic carbocycles. The quantitative estimate of drug-likeness (QED) is 0.728. The van der Waals surface area contributed by atoms with Gasteiger partial charge in [0, 0.05) is 58.4 Å².